The molecule has 3 N–H and O–H groups in total. The summed E-state index contributed by atoms with van der Waals surface area (Å²) in [5.41, 5.74) is 2.24. The molecule has 31 heavy (non-hydrogen) atoms. The van der Waals surface area contributed by atoms with Crippen LogP contribution < -0.4 is 15.4 Å². The summed E-state index contributed by atoms with van der Waals surface area (Å²) in [6.45, 7) is 2.35. The first kappa shape index (κ1) is 25.6. The highest BCUT2D eigenvalue weighted by atomic mass is 127. The first-order chi connectivity index (χ1) is 14.6. The van der Waals surface area contributed by atoms with Gasteiger partial charge in [-0.2, -0.15) is 0 Å². The van der Waals surface area contributed by atoms with Gasteiger partial charge in [-0.05, 0) is 42.5 Å². The maximum Gasteiger partial charge on any atom is 0.240 e. The number of aliphatic imine (C=N–C) groups is 1. The van der Waals surface area contributed by atoms with E-state index in [-0.39, 0.29) is 35.0 Å². The molecule has 1 atom stereocenters. The molecule has 1 fully saturated rings. The van der Waals surface area contributed by atoms with E-state index in [1.807, 2.05) is 30.3 Å². The second kappa shape index (κ2) is 13.0. The van der Waals surface area contributed by atoms with E-state index in [9.17, 15) is 8.42 Å². The number of benzene rings is 2. The average molecular weight is 558 g/mol. The van der Waals surface area contributed by atoms with E-state index >= 15 is 0 Å². The Hall–Kier alpha value is -1.69. The Bertz CT molecular complexity index is 916. The van der Waals surface area contributed by atoms with Crippen LogP contribution in [0.4, 0.5) is 0 Å². The number of guanidine groups is 1. The Morgan fingerprint density at radius 3 is 2.45 bits per heavy atom. The number of halogens is 1. The molecule has 0 saturated carbocycles. The topological polar surface area (TPSA) is 91.8 Å². The molecule has 0 bridgehead atoms. The summed E-state index contributed by atoms with van der Waals surface area (Å²) in [7, 11) is -1.80. The van der Waals surface area contributed by atoms with Crippen molar-refractivity contribution < 1.29 is 13.2 Å². The minimum absolute atomic E-state index is 0. The number of rotatable bonds is 9. The number of nitrogens with zero attached hydrogens (tertiary/aromatic N) is 1. The van der Waals surface area contributed by atoms with Gasteiger partial charge in [0.2, 0.25) is 10.0 Å². The summed E-state index contributed by atoms with van der Waals surface area (Å²) in [6.07, 6.45) is 2.77. The predicted octanol–water partition coefficient (Wildman–Crippen LogP) is 2.67. The first-order valence-electron chi connectivity index (χ1n) is 10.3. The maximum absolute atomic E-state index is 12.4. The quantitative estimate of drug-likeness (QED) is 0.250. The molecule has 0 amide bonds. The van der Waals surface area contributed by atoms with Crippen molar-refractivity contribution in [3.8, 4) is 0 Å². The largest absolute Gasteiger partial charge is 0.377 e. The minimum atomic E-state index is -3.53. The highest BCUT2D eigenvalue weighted by Gasteiger charge is 2.20. The zero-order valence-corrected chi connectivity index (χ0v) is 20.9. The monoisotopic (exact) mass is 558 g/mol. The van der Waals surface area contributed by atoms with Crippen molar-refractivity contribution in [2.45, 2.75) is 36.8 Å². The smallest absolute Gasteiger partial charge is 0.240 e. The van der Waals surface area contributed by atoms with Gasteiger partial charge in [-0.15, -0.1) is 24.0 Å². The van der Waals surface area contributed by atoms with Crippen LogP contribution in [0.3, 0.4) is 0 Å². The van der Waals surface area contributed by atoms with Crippen LogP contribution in [0.15, 0.2) is 64.5 Å². The molecular formula is C22H31IN4O3S. The van der Waals surface area contributed by atoms with Gasteiger partial charge in [0.05, 0.1) is 11.0 Å². The van der Waals surface area contributed by atoms with Crippen molar-refractivity contribution >= 4 is 40.0 Å². The molecule has 7 nitrogen and oxygen atoms in total. The normalized spacial score (nSPS) is 16.5. The van der Waals surface area contributed by atoms with Crippen molar-refractivity contribution in [2.24, 2.45) is 4.99 Å². The average Bonchev–Trinajstić information content (AvgIpc) is 3.30. The van der Waals surface area contributed by atoms with Gasteiger partial charge in [0.15, 0.2) is 5.96 Å². The second-order valence-corrected chi connectivity index (χ2v) is 8.99. The van der Waals surface area contributed by atoms with Crippen LogP contribution in [0, 0.1) is 0 Å². The second-order valence-electron chi connectivity index (χ2n) is 7.22. The number of ether oxygens (including phenoxy) is 1. The molecule has 9 heteroatoms. The Kier molecular flexibility index (Phi) is 10.7. The molecule has 2 aromatic rings. The van der Waals surface area contributed by atoms with E-state index in [0.29, 0.717) is 25.7 Å². The molecule has 0 spiro atoms. The van der Waals surface area contributed by atoms with Crippen LogP contribution in [0.1, 0.15) is 24.0 Å². The molecule has 0 radical (unpaired) electrons. The van der Waals surface area contributed by atoms with Crippen molar-refractivity contribution in [2.75, 3.05) is 26.7 Å². The van der Waals surface area contributed by atoms with Gasteiger partial charge in [-0.1, -0.05) is 42.5 Å². The standard InChI is InChI=1S/C22H30N4O3S.HI/c1-23-22(24-14-13-18-6-3-2-4-7-18)25-16-19-9-11-21(12-10-19)30(27,28)26-17-20-8-5-15-29-20;/h2-4,6-7,9-12,20,26H,5,8,13-17H2,1H3,(H2,23,24,25);1H. The van der Waals surface area contributed by atoms with Crippen LogP contribution >= 0.6 is 24.0 Å². The minimum Gasteiger partial charge on any atom is -0.377 e. The van der Waals surface area contributed by atoms with Crippen LogP contribution in [-0.4, -0.2) is 47.2 Å². The third kappa shape index (κ3) is 8.40. The van der Waals surface area contributed by atoms with Crippen LogP contribution in [0.25, 0.3) is 0 Å². The van der Waals surface area contributed by atoms with Crippen molar-refractivity contribution in [3.63, 3.8) is 0 Å². The van der Waals surface area contributed by atoms with Crippen LogP contribution in [-0.2, 0) is 27.7 Å². The molecule has 1 aliphatic rings. The van der Waals surface area contributed by atoms with E-state index in [1.54, 1.807) is 19.2 Å². The molecule has 2 aromatic carbocycles. The van der Waals surface area contributed by atoms with E-state index in [1.165, 1.54) is 5.56 Å². The number of hydrogen-bond acceptors (Lipinski definition) is 4. The van der Waals surface area contributed by atoms with Crippen LogP contribution in [0.5, 0.6) is 0 Å². The van der Waals surface area contributed by atoms with Gasteiger partial charge in [-0.25, -0.2) is 13.1 Å². The lowest BCUT2D eigenvalue weighted by molar-refractivity contribution is 0.114. The number of hydrogen-bond donors (Lipinski definition) is 3. The molecule has 0 aliphatic carbocycles. The molecule has 1 aliphatic heterocycles. The summed E-state index contributed by atoms with van der Waals surface area (Å²) in [5, 5.41) is 6.54. The molecule has 3 rings (SSSR count). The summed E-state index contributed by atoms with van der Waals surface area (Å²) < 4.78 is 33.0. The lowest BCUT2D eigenvalue weighted by Crippen LogP contribution is -2.37. The molecular weight excluding hydrogens is 527 g/mol. The van der Waals surface area contributed by atoms with Gasteiger partial charge >= 0.3 is 0 Å². The van der Waals surface area contributed by atoms with Crippen molar-refractivity contribution in [1.82, 2.24) is 15.4 Å². The van der Waals surface area contributed by atoms with E-state index in [0.717, 1.165) is 31.4 Å². The summed E-state index contributed by atoms with van der Waals surface area (Å²) >= 11 is 0. The fraction of sp³-hybridized carbons (Fsp3) is 0.409. The van der Waals surface area contributed by atoms with E-state index in [4.69, 9.17) is 4.74 Å². The maximum atomic E-state index is 12.4. The third-order valence-corrected chi connectivity index (χ3v) is 6.43. The Morgan fingerprint density at radius 2 is 1.81 bits per heavy atom. The first-order valence-corrected chi connectivity index (χ1v) is 11.7. The molecule has 1 heterocycles. The SMILES string of the molecule is CN=C(NCCc1ccccc1)NCc1ccc(S(=O)(=O)NCC2CCCO2)cc1.I. The Labute approximate surface area is 202 Å². The van der Waals surface area contributed by atoms with Crippen molar-refractivity contribution in [3.05, 3.63) is 65.7 Å². The summed E-state index contributed by atoms with van der Waals surface area (Å²) in [5.74, 6) is 0.709. The highest BCUT2D eigenvalue weighted by Crippen LogP contribution is 2.14. The molecule has 170 valence electrons. The Morgan fingerprint density at radius 1 is 1.06 bits per heavy atom. The summed E-state index contributed by atoms with van der Waals surface area (Å²) in [4.78, 5) is 4.49. The highest BCUT2D eigenvalue weighted by molar-refractivity contribution is 14.0. The zero-order chi connectivity index (χ0) is 21.2. The number of nitrogens with one attached hydrogen (secondary N) is 3. The lowest BCUT2D eigenvalue weighted by atomic mass is 10.1. The van der Waals surface area contributed by atoms with Gasteiger partial charge in [-0.3, -0.25) is 4.99 Å². The predicted molar refractivity (Wildman–Crippen MR) is 134 cm³/mol. The van der Waals surface area contributed by atoms with Crippen molar-refractivity contribution in [1.29, 1.82) is 0 Å². The molecule has 0 aromatic heterocycles. The van der Waals surface area contributed by atoms with E-state index in [2.05, 4.69) is 32.5 Å². The van der Waals surface area contributed by atoms with Gasteiger partial charge < -0.3 is 15.4 Å². The van der Waals surface area contributed by atoms with Crippen LogP contribution in [0.2, 0.25) is 0 Å². The third-order valence-electron chi connectivity index (χ3n) is 4.99. The molecule has 1 saturated heterocycles. The zero-order valence-electron chi connectivity index (χ0n) is 17.7. The number of sulfonamides is 1. The lowest BCUT2D eigenvalue weighted by Gasteiger charge is -2.13. The van der Waals surface area contributed by atoms with Gasteiger partial charge in [0.25, 0.3) is 0 Å². The van der Waals surface area contributed by atoms with Gasteiger partial charge in [0.1, 0.15) is 0 Å². The fourth-order valence-electron chi connectivity index (χ4n) is 3.25. The molecule has 1 unspecified atom stereocenters. The summed E-state index contributed by atoms with van der Waals surface area (Å²) in [6, 6.07) is 17.1. The van der Waals surface area contributed by atoms with E-state index < -0.39 is 10.0 Å². The fourth-order valence-corrected chi connectivity index (χ4v) is 4.32. The Balaban J connectivity index is 0.00000341. The van der Waals surface area contributed by atoms with Gasteiger partial charge in [0, 0.05) is 33.3 Å².